The van der Waals surface area contributed by atoms with E-state index in [-0.39, 0.29) is 11.1 Å². The van der Waals surface area contributed by atoms with Crippen LogP contribution >= 0.6 is 0 Å². The molecule has 88 valence electrons. The van der Waals surface area contributed by atoms with E-state index >= 15 is 0 Å². The van der Waals surface area contributed by atoms with Gasteiger partial charge >= 0.3 is 5.97 Å². The number of carboxylic acids is 1. The molecule has 5 nitrogen and oxygen atoms in total. The number of carbonyl (C=O) groups is 1. The fourth-order valence-electron chi connectivity index (χ4n) is 1.59. The van der Waals surface area contributed by atoms with Gasteiger partial charge in [0, 0.05) is 22.7 Å². The van der Waals surface area contributed by atoms with Gasteiger partial charge in [-0.1, -0.05) is 12.1 Å². The maximum absolute atomic E-state index is 11.8. The molecule has 2 aromatic rings. The van der Waals surface area contributed by atoms with Gasteiger partial charge in [-0.05, 0) is 18.2 Å². The summed E-state index contributed by atoms with van der Waals surface area (Å²) in [5.74, 6) is -1.33. The van der Waals surface area contributed by atoms with Crippen molar-refractivity contribution in [2.75, 3.05) is 0 Å². The van der Waals surface area contributed by atoms with Crippen molar-refractivity contribution in [1.29, 1.82) is 5.26 Å². The van der Waals surface area contributed by atoms with Gasteiger partial charge in [-0.3, -0.25) is 4.79 Å². The first-order chi connectivity index (χ1) is 8.61. The van der Waals surface area contributed by atoms with E-state index in [1.165, 1.54) is 6.07 Å². The summed E-state index contributed by atoms with van der Waals surface area (Å²) >= 11 is 0. The molecule has 0 spiro atoms. The maximum atomic E-state index is 11.8. The zero-order chi connectivity index (χ0) is 13.1. The minimum absolute atomic E-state index is 0.224. The summed E-state index contributed by atoms with van der Waals surface area (Å²) in [6.45, 7) is 0. The number of fused-ring (bicyclic) bond motifs is 1. The highest BCUT2D eigenvalue weighted by atomic mass is 16.4. The van der Waals surface area contributed by atoms with Crippen LogP contribution in [0.3, 0.4) is 0 Å². The molecule has 2 N–H and O–H groups in total. The van der Waals surface area contributed by atoms with E-state index in [1.807, 2.05) is 0 Å². The van der Waals surface area contributed by atoms with Gasteiger partial charge in [-0.25, -0.2) is 4.79 Å². The topological polar surface area (TPSA) is 94.0 Å². The molecular weight excluding hydrogens is 232 g/mol. The van der Waals surface area contributed by atoms with Gasteiger partial charge in [0.2, 0.25) is 0 Å². The van der Waals surface area contributed by atoms with Crippen molar-refractivity contribution in [3.05, 3.63) is 51.8 Å². The van der Waals surface area contributed by atoms with Gasteiger partial charge in [0.25, 0.3) is 0 Å². The Kier molecular flexibility index (Phi) is 2.94. The molecule has 1 aromatic heterocycles. The van der Waals surface area contributed by atoms with Crippen LogP contribution in [0.5, 0.6) is 0 Å². The average Bonchev–Trinajstić information content (AvgIpc) is 2.35. The molecule has 0 bridgehead atoms. The van der Waals surface area contributed by atoms with Crippen LogP contribution in [0, 0.1) is 11.3 Å². The number of nitrogens with one attached hydrogen (secondary N) is 1. The molecule has 1 heterocycles. The highest BCUT2D eigenvalue weighted by Crippen LogP contribution is 2.09. The van der Waals surface area contributed by atoms with Gasteiger partial charge in [-0.2, -0.15) is 5.26 Å². The minimum atomic E-state index is -1.33. The number of para-hydroxylation sites is 1. The zero-order valence-corrected chi connectivity index (χ0v) is 9.18. The third kappa shape index (κ3) is 2.13. The fourth-order valence-corrected chi connectivity index (χ4v) is 1.59. The van der Waals surface area contributed by atoms with Crippen LogP contribution in [0.25, 0.3) is 17.0 Å². The lowest BCUT2D eigenvalue weighted by Gasteiger charge is -2.00. The number of aliphatic carboxylic acids is 1. The summed E-state index contributed by atoms with van der Waals surface area (Å²) in [7, 11) is 0. The van der Waals surface area contributed by atoms with E-state index in [2.05, 4.69) is 4.98 Å². The minimum Gasteiger partial charge on any atom is -0.477 e. The van der Waals surface area contributed by atoms with Crippen LogP contribution in [-0.4, -0.2) is 16.1 Å². The Morgan fingerprint density at radius 1 is 1.39 bits per heavy atom. The number of aromatic nitrogens is 1. The monoisotopic (exact) mass is 240 g/mol. The Bertz CT molecular complexity index is 751. The van der Waals surface area contributed by atoms with Crippen molar-refractivity contribution in [3.8, 4) is 6.07 Å². The molecule has 2 rings (SSSR count). The number of H-pyrrole nitrogens is 1. The molecule has 5 heteroatoms. The molecule has 0 amide bonds. The molecular formula is C13H8N2O3. The number of hydrogen-bond donors (Lipinski definition) is 2. The Hall–Kier alpha value is -2.87. The molecule has 18 heavy (non-hydrogen) atoms. The molecule has 1 aromatic carbocycles. The quantitative estimate of drug-likeness (QED) is 0.614. The summed E-state index contributed by atoms with van der Waals surface area (Å²) < 4.78 is 0. The highest BCUT2D eigenvalue weighted by molar-refractivity contribution is 5.96. The Balaban J connectivity index is 2.65. The van der Waals surface area contributed by atoms with Gasteiger partial charge in [0.05, 0.1) is 0 Å². The first-order valence-electron chi connectivity index (χ1n) is 5.09. The first kappa shape index (κ1) is 11.6. The molecule has 0 atom stereocenters. The van der Waals surface area contributed by atoms with E-state index in [4.69, 9.17) is 10.4 Å². The molecule has 0 saturated heterocycles. The SMILES string of the molecule is N#CC(=Cc1cc(=O)c2ccccc2[nH]1)C(=O)O. The number of rotatable bonds is 2. The summed E-state index contributed by atoms with van der Waals surface area (Å²) in [6.07, 6.45) is 1.14. The third-order valence-electron chi connectivity index (χ3n) is 2.41. The van der Waals surface area contributed by atoms with Crippen molar-refractivity contribution in [3.63, 3.8) is 0 Å². The van der Waals surface area contributed by atoms with Gasteiger partial charge in [-0.15, -0.1) is 0 Å². The van der Waals surface area contributed by atoms with E-state index in [9.17, 15) is 9.59 Å². The number of benzene rings is 1. The lowest BCUT2D eigenvalue weighted by molar-refractivity contribution is -0.132. The summed E-state index contributed by atoms with van der Waals surface area (Å²) in [5, 5.41) is 17.9. The number of nitriles is 1. The molecule has 0 aliphatic rings. The lowest BCUT2D eigenvalue weighted by Crippen LogP contribution is -2.04. The van der Waals surface area contributed by atoms with Crippen molar-refractivity contribution in [2.24, 2.45) is 0 Å². The number of pyridine rings is 1. The van der Waals surface area contributed by atoms with Gasteiger partial charge in [0.1, 0.15) is 11.6 Å². The lowest BCUT2D eigenvalue weighted by atomic mass is 10.1. The van der Waals surface area contributed by atoms with E-state index in [1.54, 1.807) is 30.3 Å². The van der Waals surface area contributed by atoms with Crippen LogP contribution < -0.4 is 5.43 Å². The number of aromatic amines is 1. The van der Waals surface area contributed by atoms with Crippen molar-refractivity contribution in [2.45, 2.75) is 0 Å². The second-order valence-electron chi connectivity index (χ2n) is 3.61. The number of nitrogens with zero attached hydrogens (tertiary/aromatic N) is 1. The summed E-state index contributed by atoms with van der Waals surface area (Å²) in [5.41, 5.74) is 0.232. The van der Waals surface area contributed by atoms with Crippen molar-refractivity contribution < 1.29 is 9.90 Å². The van der Waals surface area contributed by atoms with Crippen LogP contribution in [0.4, 0.5) is 0 Å². The second kappa shape index (κ2) is 4.55. The van der Waals surface area contributed by atoms with E-state index in [0.717, 1.165) is 6.08 Å². The van der Waals surface area contributed by atoms with Crippen LogP contribution in [0.2, 0.25) is 0 Å². The van der Waals surface area contributed by atoms with Crippen molar-refractivity contribution >= 4 is 22.9 Å². The Morgan fingerprint density at radius 2 is 2.11 bits per heavy atom. The highest BCUT2D eigenvalue weighted by Gasteiger charge is 2.07. The largest absolute Gasteiger partial charge is 0.477 e. The third-order valence-corrected chi connectivity index (χ3v) is 2.41. The van der Waals surface area contributed by atoms with Crippen LogP contribution in [-0.2, 0) is 4.79 Å². The average molecular weight is 240 g/mol. The van der Waals surface area contributed by atoms with E-state index < -0.39 is 11.5 Å². The summed E-state index contributed by atoms with van der Waals surface area (Å²) in [6, 6.07) is 9.70. The molecule has 0 saturated carbocycles. The van der Waals surface area contributed by atoms with Crippen LogP contribution in [0.15, 0.2) is 40.7 Å². The normalized spacial score (nSPS) is 11.2. The standard InChI is InChI=1S/C13H8N2O3/c14-7-8(13(17)18)5-9-6-12(16)10-3-1-2-4-11(10)15-9/h1-6H,(H,15,16)(H,17,18). The maximum Gasteiger partial charge on any atom is 0.346 e. The molecule has 0 aliphatic carbocycles. The molecule has 0 fully saturated rings. The van der Waals surface area contributed by atoms with Gasteiger partial charge < -0.3 is 10.1 Å². The number of hydrogen-bond acceptors (Lipinski definition) is 3. The molecule has 0 aliphatic heterocycles. The molecule has 0 unspecified atom stereocenters. The molecule has 0 radical (unpaired) electrons. The van der Waals surface area contributed by atoms with Crippen LogP contribution in [0.1, 0.15) is 5.69 Å². The Morgan fingerprint density at radius 3 is 2.78 bits per heavy atom. The van der Waals surface area contributed by atoms with Crippen molar-refractivity contribution in [1.82, 2.24) is 4.98 Å². The first-order valence-corrected chi connectivity index (χ1v) is 5.09. The predicted molar refractivity (Wildman–Crippen MR) is 65.8 cm³/mol. The van der Waals surface area contributed by atoms with E-state index in [0.29, 0.717) is 10.9 Å². The Labute approximate surface area is 102 Å². The second-order valence-corrected chi connectivity index (χ2v) is 3.61. The number of carboxylic acid groups (broad SMARTS) is 1. The summed E-state index contributed by atoms with van der Waals surface area (Å²) in [4.78, 5) is 25.4. The fraction of sp³-hybridized carbons (Fsp3) is 0. The predicted octanol–water partition coefficient (Wildman–Crippen LogP) is 1.52. The zero-order valence-electron chi connectivity index (χ0n) is 9.18. The smallest absolute Gasteiger partial charge is 0.346 e. The van der Waals surface area contributed by atoms with Gasteiger partial charge in [0.15, 0.2) is 5.43 Å².